The molecule has 18 heavy (non-hydrogen) atoms. The molecule has 2 rings (SSSR count). The maximum atomic E-state index is 5.83. The maximum Gasteiger partial charge on any atom is 0.119 e. The fourth-order valence-electron chi connectivity index (χ4n) is 2.62. The molecule has 3 nitrogen and oxygen atoms in total. The minimum Gasteiger partial charge on any atom is -0.492 e. The van der Waals surface area contributed by atoms with Gasteiger partial charge in [-0.2, -0.15) is 0 Å². The van der Waals surface area contributed by atoms with E-state index in [-0.39, 0.29) is 0 Å². The molecule has 1 aromatic rings. The topological polar surface area (TPSA) is 38.5 Å². The Morgan fingerprint density at radius 3 is 2.61 bits per heavy atom. The van der Waals surface area contributed by atoms with Crippen LogP contribution in [0, 0.1) is 19.8 Å². The molecule has 0 radical (unpaired) electrons. The Kier molecular flexibility index (Phi) is 4.61. The fraction of sp³-hybridized carbons (Fsp3) is 0.600. The van der Waals surface area contributed by atoms with E-state index in [1.807, 2.05) is 0 Å². The fourth-order valence-corrected chi connectivity index (χ4v) is 2.62. The highest BCUT2D eigenvalue weighted by Gasteiger charge is 2.20. The second-order valence-electron chi connectivity index (χ2n) is 5.36. The molecule has 1 unspecified atom stereocenters. The number of nitrogens with zero attached hydrogens (tertiary/aromatic N) is 1. The van der Waals surface area contributed by atoms with Crippen molar-refractivity contribution in [2.24, 2.45) is 11.7 Å². The molecule has 1 aliphatic rings. The summed E-state index contributed by atoms with van der Waals surface area (Å²) >= 11 is 0. The van der Waals surface area contributed by atoms with Gasteiger partial charge in [-0.15, -0.1) is 0 Å². The Balaban J connectivity index is 1.75. The molecule has 1 fully saturated rings. The van der Waals surface area contributed by atoms with Crippen molar-refractivity contribution in [2.45, 2.75) is 20.3 Å². The van der Waals surface area contributed by atoms with Gasteiger partial charge in [-0.1, -0.05) is 6.07 Å². The Bertz CT molecular complexity index is 372. The van der Waals surface area contributed by atoms with E-state index < -0.39 is 0 Å². The number of hydrogen-bond donors (Lipinski definition) is 1. The van der Waals surface area contributed by atoms with Crippen LogP contribution in [0.5, 0.6) is 5.75 Å². The van der Waals surface area contributed by atoms with Gasteiger partial charge in [-0.3, -0.25) is 4.90 Å². The van der Waals surface area contributed by atoms with Gasteiger partial charge in [0.1, 0.15) is 12.4 Å². The maximum absolute atomic E-state index is 5.83. The molecule has 1 saturated heterocycles. The summed E-state index contributed by atoms with van der Waals surface area (Å²) in [6.07, 6.45) is 1.24. The van der Waals surface area contributed by atoms with Gasteiger partial charge >= 0.3 is 0 Å². The lowest BCUT2D eigenvalue weighted by Gasteiger charge is -2.16. The highest BCUT2D eigenvalue weighted by Crippen LogP contribution is 2.17. The summed E-state index contributed by atoms with van der Waals surface area (Å²) in [5.74, 6) is 1.67. The number of aryl methyl sites for hydroxylation is 2. The van der Waals surface area contributed by atoms with Gasteiger partial charge in [0, 0.05) is 13.1 Å². The number of nitrogens with two attached hydrogens (primary N) is 1. The molecule has 3 heteroatoms. The zero-order chi connectivity index (χ0) is 13.0. The molecule has 0 amide bonds. The first-order chi connectivity index (χ1) is 8.67. The minimum atomic E-state index is 0.686. The molecule has 0 aliphatic carbocycles. The molecule has 1 heterocycles. The second kappa shape index (κ2) is 6.21. The molecule has 0 spiro atoms. The van der Waals surface area contributed by atoms with Crippen LogP contribution in [0.25, 0.3) is 0 Å². The third-order valence-corrected chi connectivity index (χ3v) is 3.57. The third-order valence-electron chi connectivity index (χ3n) is 3.57. The lowest BCUT2D eigenvalue weighted by Crippen LogP contribution is -2.27. The Labute approximate surface area is 110 Å². The highest BCUT2D eigenvalue weighted by atomic mass is 16.5. The predicted molar refractivity (Wildman–Crippen MR) is 75.0 cm³/mol. The van der Waals surface area contributed by atoms with Crippen LogP contribution in [0.1, 0.15) is 17.5 Å². The van der Waals surface area contributed by atoms with E-state index in [1.54, 1.807) is 0 Å². The van der Waals surface area contributed by atoms with Gasteiger partial charge in [0.25, 0.3) is 0 Å². The lowest BCUT2D eigenvalue weighted by atomic mass is 10.1. The summed E-state index contributed by atoms with van der Waals surface area (Å²) in [6, 6.07) is 6.36. The largest absolute Gasteiger partial charge is 0.492 e. The average molecular weight is 248 g/mol. The van der Waals surface area contributed by atoms with Crippen LogP contribution in [0.4, 0.5) is 0 Å². The van der Waals surface area contributed by atoms with E-state index in [4.69, 9.17) is 10.5 Å². The van der Waals surface area contributed by atoms with E-state index in [2.05, 4.69) is 36.9 Å². The first-order valence-corrected chi connectivity index (χ1v) is 6.81. The van der Waals surface area contributed by atoms with Crippen LogP contribution in [0.15, 0.2) is 18.2 Å². The number of hydrogen-bond acceptors (Lipinski definition) is 3. The van der Waals surface area contributed by atoms with Crippen LogP contribution in [0.2, 0.25) is 0 Å². The number of ether oxygens (including phenoxy) is 1. The second-order valence-corrected chi connectivity index (χ2v) is 5.36. The van der Waals surface area contributed by atoms with Gasteiger partial charge in [0.15, 0.2) is 0 Å². The molecule has 2 N–H and O–H groups in total. The van der Waals surface area contributed by atoms with Crippen molar-refractivity contribution in [2.75, 3.05) is 32.8 Å². The summed E-state index contributed by atoms with van der Waals surface area (Å²) in [7, 11) is 0. The molecule has 1 aromatic carbocycles. The molecule has 0 saturated carbocycles. The van der Waals surface area contributed by atoms with Crippen molar-refractivity contribution in [3.63, 3.8) is 0 Å². The highest BCUT2D eigenvalue weighted by molar-refractivity contribution is 5.32. The molecule has 1 atom stereocenters. The van der Waals surface area contributed by atoms with E-state index >= 15 is 0 Å². The summed E-state index contributed by atoms with van der Waals surface area (Å²) in [6.45, 7) is 9.08. The molecule has 100 valence electrons. The lowest BCUT2D eigenvalue weighted by molar-refractivity contribution is 0.233. The van der Waals surface area contributed by atoms with Crippen LogP contribution in [-0.4, -0.2) is 37.7 Å². The summed E-state index contributed by atoms with van der Waals surface area (Å²) in [5.41, 5.74) is 8.21. The SMILES string of the molecule is Cc1cc(C)cc(OCCN2CCC(CN)C2)c1. The standard InChI is InChI=1S/C15H24N2O/c1-12-7-13(2)9-15(8-12)18-6-5-17-4-3-14(10-16)11-17/h7-9,14H,3-6,10-11,16H2,1-2H3. The first-order valence-electron chi connectivity index (χ1n) is 6.81. The molecular weight excluding hydrogens is 224 g/mol. The zero-order valence-electron chi connectivity index (χ0n) is 11.5. The number of benzene rings is 1. The minimum absolute atomic E-state index is 0.686. The van der Waals surface area contributed by atoms with Crippen LogP contribution in [-0.2, 0) is 0 Å². The molecular formula is C15H24N2O. The van der Waals surface area contributed by atoms with Crippen molar-refractivity contribution in [1.29, 1.82) is 0 Å². The number of likely N-dealkylation sites (tertiary alicyclic amines) is 1. The van der Waals surface area contributed by atoms with E-state index in [9.17, 15) is 0 Å². The quantitative estimate of drug-likeness (QED) is 0.865. The van der Waals surface area contributed by atoms with Crippen LogP contribution in [0.3, 0.4) is 0 Å². The van der Waals surface area contributed by atoms with E-state index in [0.29, 0.717) is 5.92 Å². The van der Waals surface area contributed by atoms with Gasteiger partial charge < -0.3 is 10.5 Å². The van der Waals surface area contributed by atoms with E-state index in [0.717, 1.165) is 38.5 Å². The Morgan fingerprint density at radius 2 is 2.00 bits per heavy atom. The summed E-state index contributed by atoms with van der Waals surface area (Å²) < 4.78 is 5.83. The monoisotopic (exact) mass is 248 g/mol. The third kappa shape index (κ3) is 3.72. The molecule has 1 aliphatic heterocycles. The van der Waals surface area contributed by atoms with Crippen molar-refractivity contribution in [3.05, 3.63) is 29.3 Å². The average Bonchev–Trinajstić information content (AvgIpc) is 2.76. The van der Waals surface area contributed by atoms with Crippen LogP contribution >= 0.6 is 0 Å². The first kappa shape index (κ1) is 13.4. The summed E-state index contributed by atoms with van der Waals surface area (Å²) in [5, 5.41) is 0. The van der Waals surface area contributed by atoms with Crippen molar-refractivity contribution in [3.8, 4) is 5.75 Å². The van der Waals surface area contributed by atoms with Crippen molar-refractivity contribution >= 4 is 0 Å². The normalized spacial score (nSPS) is 20.3. The predicted octanol–water partition coefficient (Wildman–Crippen LogP) is 1.96. The van der Waals surface area contributed by atoms with Crippen LogP contribution < -0.4 is 10.5 Å². The van der Waals surface area contributed by atoms with Gasteiger partial charge in [0.2, 0.25) is 0 Å². The Morgan fingerprint density at radius 1 is 1.28 bits per heavy atom. The van der Waals surface area contributed by atoms with Gasteiger partial charge in [-0.25, -0.2) is 0 Å². The Hall–Kier alpha value is -1.06. The van der Waals surface area contributed by atoms with Crippen molar-refractivity contribution < 1.29 is 4.74 Å². The van der Waals surface area contributed by atoms with Gasteiger partial charge in [-0.05, 0) is 62.5 Å². The molecule has 0 bridgehead atoms. The van der Waals surface area contributed by atoms with Crippen molar-refractivity contribution in [1.82, 2.24) is 4.90 Å². The van der Waals surface area contributed by atoms with Gasteiger partial charge in [0.05, 0.1) is 0 Å². The summed E-state index contributed by atoms with van der Waals surface area (Å²) in [4.78, 5) is 2.44. The zero-order valence-corrected chi connectivity index (χ0v) is 11.5. The smallest absolute Gasteiger partial charge is 0.119 e. The number of rotatable bonds is 5. The molecule has 0 aromatic heterocycles. The van der Waals surface area contributed by atoms with E-state index in [1.165, 1.54) is 17.5 Å².